The van der Waals surface area contributed by atoms with Gasteiger partial charge in [0.05, 0.1) is 12.1 Å². The molecule has 46 heavy (non-hydrogen) atoms. The molecule has 0 radical (unpaired) electrons. The Morgan fingerprint density at radius 1 is 1.00 bits per heavy atom. The van der Waals surface area contributed by atoms with Crippen molar-refractivity contribution in [2.75, 3.05) is 6.61 Å². The number of carbonyl (C=O) groups excluding carboxylic acids is 3. The molecule has 4 rings (SSSR count). The highest BCUT2D eigenvalue weighted by atomic mass is 16.6. The van der Waals surface area contributed by atoms with Crippen LogP contribution in [-0.2, 0) is 37.5 Å². The Morgan fingerprint density at radius 2 is 1.67 bits per heavy atom. The highest BCUT2D eigenvalue weighted by molar-refractivity contribution is 5.90. The number of benzene rings is 3. The number of aromatic hydroxyl groups is 1. The van der Waals surface area contributed by atoms with Crippen molar-refractivity contribution >= 4 is 29.4 Å². The second-order valence-corrected chi connectivity index (χ2v) is 13.2. The van der Waals surface area contributed by atoms with Crippen molar-refractivity contribution in [1.82, 2.24) is 9.88 Å². The topological polar surface area (TPSA) is 116 Å². The molecule has 0 aliphatic carbocycles. The SMILES string of the molecule is Cc1cc(O)c(C(C)(C)CCOC(=O)[C@H](Cc2cn(C=O)c3ccccc23)NC(=O)OC(C)(C)C)c(C)c1OCc1ccccc1. The van der Waals surface area contributed by atoms with Gasteiger partial charge in [-0.3, -0.25) is 9.36 Å². The fraction of sp³-hybridized carbons (Fsp3) is 0.378. The fourth-order valence-corrected chi connectivity index (χ4v) is 5.77. The van der Waals surface area contributed by atoms with Gasteiger partial charge in [-0.25, -0.2) is 9.59 Å². The summed E-state index contributed by atoms with van der Waals surface area (Å²) in [5.74, 6) is 0.216. The van der Waals surface area contributed by atoms with Crippen molar-refractivity contribution in [3.8, 4) is 11.5 Å². The average Bonchev–Trinajstić information content (AvgIpc) is 3.33. The molecule has 2 N–H and O–H groups in total. The van der Waals surface area contributed by atoms with Crippen molar-refractivity contribution in [2.45, 2.75) is 85.0 Å². The molecule has 3 aromatic carbocycles. The zero-order chi connectivity index (χ0) is 33.6. The van der Waals surface area contributed by atoms with Crippen LogP contribution in [0.4, 0.5) is 4.79 Å². The van der Waals surface area contributed by atoms with Gasteiger partial charge in [-0.1, -0.05) is 62.4 Å². The summed E-state index contributed by atoms with van der Waals surface area (Å²) in [6.45, 7) is 13.4. The molecule has 0 unspecified atom stereocenters. The van der Waals surface area contributed by atoms with Gasteiger partial charge in [0.1, 0.15) is 29.7 Å². The molecule has 0 aliphatic heterocycles. The highest BCUT2D eigenvalue weighted by Gasteiger charge is 2.31. The quantitative estimate of drug-likeness (QED) is 0.129. The first-order chi connectivity index (χ1) is 21.7. The van der Waals surface area contributed by atoms with Gasteiger partial charge in [-0.05, 0) is 80.8 Å². The summed E-state index contributed by atoms with van der Waals surface area (Å²) >= 11 is 0. The number of amides is 1. The van der Waals surface area contributed by atoms with Crippen LogP contribution in [0.5, 0.6) is 11.5 Å². The molecule has 1 amide bonds. The predicted octanol–water partition coefficient (Wildman–Crippen LogP) is 6.93. The minimum absolute atomic E-state index is 0.0292. The summed E-state index contributed by atoms with van der Waals surface area (Å²) in [6, 6.07) is 17.8. The monoisotopic (exact) mass is 628 g/mol. The van der Waals surface area contributed by atoms with Crippen molar-refractivity contribution in [2.24, 2.45) is 0 Å². The number of nitrogens with zero attached hydrogens (tertiary/aromatic N) is 1. The van der Waals surface area contributed by atoms with Crippen LogP contribution >= 0.6 is 0 Å². The highest BCUT2D eigenvalue weighted by Crippen LogP contribution is 2.42. The number of ether oxygens (including phenoxy) is 3. The average molecular weight is 629 g/mol. The van der Waals surface area contributed by atoms with Gasteiger partial charge >= 0.3 is 12.1 Å². The first-order valence-corrected chi connectivity index (χ1v) is 15.4. The van der Waals surface area contributed by atoms with E-state index in [9.17, 15) is 19.5 Å². The van der Waals surface area contributed by atoms with Crippen LogP contribution in [0.2, 0.25) is 0 Å². The number of hydrogen-bond acceptors (Lipinski definition) is 7. The maximum Gasteiger partial charge on any atom is 0.408 e. The van der Waals surface area contributed by atoms with Gasteiger partial charge < -0.3 is 24.6 Å². The van der Waals surface area contributed by atoms with E-state index in [0.717, 1.165) is 22.1 Å². The third-order valence-corrected chi connectivity index (χ3v) is 7.89. The number of phenolic OH excluding ortho intramolecular Hbond substituents is 1. The molecule has 9 nitrogen and oxygen atoms in total. The lowest BCUT2D eigenvalue weighted by molar-refractivity contribution is -0.146. The Balaban J connectivity index is 1.51. The standard InChI is InChI=1S/C37H44N2O7/c1-24-19-31(41)32(25(2)33(24)45-22-26-13-9-8-10-14-26)37(6,7)17-18-44-34(42)29(38-35(43)46-36(3,4)5)20-27-21-39(23-40)30-16-12-11-15-28(27)30/h8-16,19,21,23,29,41H,17-18,20,22H2,1-7H3,(H,38,43)/t29-/m0/s1. The van der Waals surface area contributed by atoms with E-state index in [4.69, 9.17) is 14.2 Å². The summed E-state index contributed by atoms with van der Waals surface area (Å²) < 4.78 is 18.8. The lowest BCUT2D eigenvalue weighted by Crippen LogP contribution is -2.45. The van der Waals surface area contributed by atoms with Gasteiger partial charge in [-0.15, -0.1) is 0 Å². The van der Waals surface area contributed by atoms with Crippen LogP contribution in [0.25, 0.3) is 10.9 Å². The molecule has 1 atom stereocenters. The number of fused-ring (bicyclic) bond motifs is 1. The Hall–Kier alpha value is -4.79. The van der Waals surface area contributed by atoms with Crippen molar-refractivity contribution in [1.29, 1.82) is 0 Å². The molecule has 1 heterocycles. The molecular formula is C37H44N2O7. The van der Waals surface area contributed by atoms with E-state index < -0.39 is 29.1 Å². The zero-order valence-corrected chi connectivity index (χ0v) is 27.7. The molecule has 0 fully saturated rings. The maximum atomic E-state index is 13.5. The smallest absolute Gasteiger partial charge is 0.408 e. The zero-order valence-electron chi connectivity index (χ0n) is 27.7. The van der Waals surface area contributed by atoms with E-state index in [0.29, 0.717) is 41.8 Å². The second kappa shape index (κ2) is 14.1. The number of aryl methyl sites for hydroxylation is 1. The van der Waals surface area contributed by atoms with Crippen LogP contribution < -0.4 is 10.1 Å². The maximum absolute atomic E-state index is 13.5. The summed E-state index contributed by atoms with van der Waals surface area (Å²) in [5.41, 5.74) is 3.41. The number of phenols is 1. The number of carbonyl (C=O) groups is 3. The number of aromatic nitrogens is 1. The Bertz CT molecular complexity index is 1700. The first-order valence-electron chi connectivity index (χ1n) is 15.4. The van der Waals surface area contributed by atoms with Gasteiger partial charge in [0.2, 0.25) is 6.41 Å². The van der Waals surface area contributed by atoms with E-state index in [1.807, 2.05) is 82.3 Å². The predicted molar refractivity (Wildman–Crippen MR) is 178 cm³/mol. The first kappa shape index (κ1) is 34.1. The Kier molecular flexibility index (Phi) is 10.5. The third kappa shape index (κ3) is 8.27. The molecule has 0 spiro atoms. The molecule has 4 aromatic rings. The van der Waals surface area contributed by atoms with Crippen molar-refractivity contribution < 1.29 is 33.7 Å². The summed E-state index contributed by atoms with van der Waals surface area (Å²) in [4.78, 5) is 37.9. The van der Waals surface area contributed by atoms with Crippen LogP contribution in [0.15, 0.2) is 66.9 Å². The van der Waals surface area contributed by atoms with E-state index in [1.165, 1.54) is 4.57 Å². The van der Waals surface area contributed by atoms with Gasteiger partial charge in [0, 0.05) is 23.6 Å². The summed E-state index contributed by atoms with van der Waals surface area (Å²) in [6.07, 6.45) is 2.07. The largest absolute Gasteiger partial charge is 0.508 e. The number of nitrogens with one attached hydrogen (secondary N) is 1. The van der Waals surface area contributed by atoms with E-state index in [2.05, 4.69) is 5.32 Å². The summed E-state index contributed by atoms with van der Waals surface area (Å²) in [5, 5.41) is 14.5. The number of esters is 1. The van der Waals surface area contributed by atoms with Crippen LogP contribution in [-0.4, -0.2) is 46.4 Å². The molecular weight excluding hydrogens is 584 g/mol. The minimum atomic E-state index is -1.07. The van der Waals surface area contributed by atoms with Gasteiger partial charge in [0.25, 0.3) is 0 Å². The number of rotatable bonds is 12. The Labute approximate surface area is 270 Å². The van der Waals surface area contributed by atoms with Gasteiger partial charge in [0.15, 0.2) is 0 Å². The Morgan fingerprint density at radius 3 is 2.35 bits per heavy atom. The normalized spacial score (nSPS) is 12.4. The minimum Gasteiger partial charge on any atom is -0.508 e. The fourth-order valence-electron chi connectivity index (χ4n) is 5.77. The van der Waals surface area contributed by atoms with E-state index in [-0.39, 0.29) is 18.8 Å². The van der Waals surface area contributed by atoms with E-state index >= 15 is 0 Å². The lowest BCUT2D eigenvalue weighted by atomic mass is 9.78. The van der Waals surface area contributed by atoms with Crippen molar-refractivity contribution in [3.05, 3.63) is 94.7 Å². The second-order valence-electron chi connectivity index (χ2n) is 13.2. The molecule has 0 saturated carbocycles. The number of alkyl carbamates (subject to hydrolysis) is 1. The molecule has 244 valence electrons. The molecule has 1 aromatic heterocycles. The van der Waals surface area contributed by atoms with Crippen LogP contribution in [0, 0.1) is 13.8 Å². The molecule has 0 bridgehead atoms. The van der Waals surface area contributed by atoms with Crippen LogP contribution in [0.1, 0.15) is 68.9 Å². The van der Waals surface area contributed by atoms with Crippen LogP contribution in [0.3, 0.4) is 0 Å². The molecule has 0 aliphatic rings. The van der Waals surface area contributed by atoms with Crippen molar-refractivity contribution in [3.63, 3.8) is 0 Å². The van der Waals surface area contributed by atoms with E-state index in [1.54, 1.807) is 33.0 Å². The third-order valence-electron chi connectivity index (χ3n) is 7.89. The molecule has 9 heteroatoms. The lowest BCUT2D eigenvalue weighted by Gasteiger charge is -2.30. The number of hydrogen-bond donors (Lipinski definition) is 2. The molecule has 0 saturated heterocycles. The number of para-hydroxylation sites is 1. The summed E-state index contributed by atoms with van der Waals surface area (Å²) in [7, 11) is 0. The van der Waals surface area contributed by atoms with Gasteiger partial charge in [-0.2, -0.15) is 0 Å².